The Hall–Kier alpha value is -0.950. The molecule has 6 nitrogen and oxygen atoms in total. The van der Waals surface area contributed by atoms with Gasteiger partial charge in [-0.15, -0.1) is 0 Å². The number of carbonyl (C=O) groups is 1. The predicted octanol–water partition coefficient (Wildman–Crippen LogP) is -0.287. The van der Waals surface area contributed by atoms with Gasteiger partial charge in [-0.2, -0.15) is 0 Å². The third-order valence-corrected chi connectivity index (χ3v) is 3.05. The van der Waals surface area contributed by atoms with E-state index in [0.29, 0.717) is 12.0 Å². The van der Waals surface area contributed by atoms with E-state index < -0.39 is 36.7 Å². The lowest BCUT2D eigenvalue weighted by atomic mass is 9.97. The molecule has 0 amide bonds. The molecule has 1 rings (SSSR count). The lowest BCUT2D eigenvalue weighted by Crippen LogP contribution is -2.58. The Kier molecular flexibility index (Phi) is 5.28. The van der Waals surface area contributed by atoms with Crippen LogP contribution in [-0.2, 0) is 14.3 Å². The highest BCUT2D eigenvalue weighted by molar-refractivity contribution is 5.87. The lowest BCUT2D eigenvalue weighted by molar-refractivity contribution is -0.287. The Morgan fingerprint density at radius 3 is 2.39 bits per heavy atom. The number of ether oxygens (including phenoxy) is 2. The number of carbonyl (C=O) groups excluding carboxylic acids is 1. The molecule has 0 aliphatic carbocycles. The SMILES string of the molecule is CC=C(C)C(=O)O[C@@H]1O[C@H](CC)[C@@H](O)[C@H](O)[C@H]1O. The third-order valence-electron chi connectivity index (χ3n) is 3.05. The standard InChI is InChI=1S/C12H20O6/c1-4-6(3)11(16)18-12-10(15)9(14)8(13)7(5-2)17-12/h4,7-10,12-15H,5H2,1-3H3/t7-,8-,9+,10-,12+/m1/s1. The second kappa shape index (κ2) is 6.29. The van der Waals surface area contributed by atoms with Crippen LogP contribution >= 0.6 is 0 Å². The Labute approximate surface area is 106 Å². The zero-order chi connectivity index (χ0) is 13.9. The Morgan fingerprint density at radius 2 is 1.89 bits per heavy atom. The highest BCUT2D eigenvalue weighted by atomic mass is 16.7. The van der Waals surface area contributed by atoms with E-state index in [1.54, 1.807) is 26.8 Å². The molecule has 6 heteroatoms. The number of hydrogen-bond donors (Lipinski definition) is 3. The Morgan fingerprint density at radius 1 is 1.28 bits per heavy atom. The summed E-state index contributed by atoms with van der Waals surface area (Å²) in [6, 6.07) is 0. The van der Waals surface area contributed by atoms with Crippen LogP contribution in [0.4, 0.5) is 0 Å². The van der Waals surface area contributed by atoms with Crippen LogP contribution in [0.25, 0.3) is 0 Å². The number of aliphatic hydroxyl groups is 3. The van der Waals surface area contributed by atoms with Crippen LogP contribution in [0.15, 0.2) is 11.6 Å². The molecule has 104 valence electrons. The van der Waals surface area contributed by atoms with Crippen molar-refractivity contribution in [3.63, 3.8) is 0 Å². The quantitative estimate of drug-likeness (QED) is 0.477. The van der Waals surface area contributed by atoms with Gasteiger partial charge < -0.3 is 24.8 Å². The highest BCUT2D eigenvalue weighted by Gasteiger charge is 2.44. The average molecular weight is 260 g/mol. The maximum atomic E-state index is 11.5. The van der Waals surface area contributed by atoms with Gasteiger partial charge in [0.25, 0.3) is 0 Å². The second-order valence-electron chi connectivity index (χ2n) is 4.30. The number of hydrogen-bond acceptors (Lipinski definition) is 6. The molecule has 1 fully saturated rings. The van der Waals surface area contributed by atoms with E-state index in [9.17, 15) is 20.1 Å². The van der Waals surface area contributed by atoms with E-state index in [1.807, 2.05) is 0 Å². The van der Waals surface area contributed by atoms with Crippen molar-refractivity contribution in [2.45, 2.75) is 57.9 Å². The van der Waals surface area contributed by atoms with Gasteiger partial charge in [0.05, 0.1) is 6.10 Å². The van der Waals surface area contributed by atoms with Gasteiger partial charge in [0, 0.05) is 5.57 Å². The molecule has 1 aliphatic rings. The molecule has 0 aromatic carbocycles. The summed E-state index contributed by atoms with van der Waals surface area (Å²) in [5, 5.41) is 29.0. The third kappa shape index (κ3) is 3.08. The molecule has 1 heterocycles. The van der Waals surface area contributed by atoms with Gasteiger partial charge in [-0.1, -0.05) is 13.0 Å². The van der Waals surface area contributed by atoms with Gasteiger partial charge in [0.1, 0.15) is 18.3 Å². The fourth-order valence-electron chi connectivity index (χ4n) is 1.67. The van der Waals surface area contributed by atoms with Crippen molar-refractivity contribution >= 4 is 5.97 Å². The number of esters is 1. The van der Waals surface area contributed by atoms with Gasteiger partial charge in [-0.3, -0.25) is 0 Å². The molecule has 0 aromatic heterocycles. The summed E-state index contributed by atoms with van der Waals surface area (Å²) >= 11 is 0. The summed E-state index contributed by atoms with van der Waals surface area (Å²) in [6.07, 6.45) is -3.99. The molecule has 0 bridgehead atoms. The molecule has 0 radical (unpaired) electrons. The van der Waals surface area contributed by atoms with Crippen molar-refractivity contribution in [3.8, 4) is 0 Å². The van der Waals surface area contributed by atoms with E-state index in [0.717, 1.165) is 0 Å². The Balaban J connectivity index is 2.73. The van der Waals surface area contributed by atoms with Crippen LogP contribution in [-0.4, -0.2) is 52.0 Å². The smallest absolute Gasteiger partial charge is 0.335 e. The van der Waals surface area contributed by atoms with Crippen LogP contribution in [0.5, 0.6) is 0 Å². The van der Waals surface area contributed by atoms with Crippen LogP contribution in [0.2, 0.25) is 0 Å². The summed E-state index contributed by atoms with van der Waals surface area (Å²) in [7, 11) is 0. The molecule has 1 saturated heterocycles. The summed E-state index contributed by atoms with van der Waals surface area (Å²) < 4.78 is 10.2. The zero-order valence-electron chi connectivity index (χ0n) is 10.7. The van der Waals surface area contributed by atoms with Gasteiger partial charge >= 0.3 is 5.97 Å². The van der Waals surface area contributed by atoms with E-state index >= 15 is 0 Å². The van der Waals surface area contributed by atoms with Gasteiger partial charge in [0.2, 0.25) is 6.29 Å². The van der Waals surface area contributed by atoms with Crippen molar-refractivity contribution in [2.75, 3.05) is 0 Å². The number of rotatable bonds is 3. The zero-order valence-corrected chi connectivity index (χ0v) is 10.7. The summed E-state index contributed by atoms with van der Waals surface area (Å²) in [5.41, 5.74) is 0.375. The molecule has 0 aromatic rings. The maximum Gasteiger partial charge on any atom is 0.335 e. The van der Waals surface area contributed by atoms with Crippen molar-refractivity contribution in [1.82, 2.24) is 0 Å². The van der Waals surface area contributed by atoms with Gasteiger partial charge in [-0.05, 0) is 20.3 Å². The maximum absolute atomic E-state index is 11.5. The minimum absolute atomic E-state index is 0.375. The fourth-order valence-corrected chi connectivity index (χ4v) is 1.67. The normalized spacial score (nSPS) is 37.4. The average Bonchev–Trinajstić information content (AvgIpc) is 2.38. The molecule has 0 spiro atoms. The van der Waals surface area contributed by atoms with E-state index in [1.165, 1.54) is 0 Å². The molecular weight excluding hydrogens is 240 g/mol. The summed E-state index contributed by atoms with van der Waals surface area (Å²) in [4.78, 5) is 11.5. The topological polar surface area (TPSA) is 96.2 Å². The largest absolute Gasteiger partial charge is 0.429 e. The van der Waals surface area contributed by atoms with Crippen molar-refractivity contribution < 1.29 is 29.6 Å². The molecule has 18 heavy (non-hydrogen) atoms. The van der Waals surface area contributed by atoms with Crippen molar-refractivity contribution in [2.24, 2.45) is 0 Å². The molecule has 1 aliphatic heterocycles. The Bertz CT molecular complexity index is 325. The van der Waals surface area contributed by atoms with Gasteiger partial charge in [0.15, 0.2) is 0 Å². The second-order valence-corrected chi connectivity index (χ2v) is 4.30. The number of allylic oxidation sites excluding steroid dienone is 1. The monoisotopic (exact) mass is 260 g/mol. The molecule has 3 N–H and O–H groups in total. The minimum atomic E-state index is -1.46. The molecule has 0 saturated carbocycles. The first-order valence-corrected chi connectivity index (χ1v) is 5.95. The highest BCUT2D eigenvalue weighted by Crippen LogP contribution is 2.24. The first-order chi connectivity index (χ1) is 8.42. The number of aliphatic hydroxyl groups excluding tert-OH is 3. The molecule has 5 atom stereocenters. The lowest BCUT2D eigenvalue weighted by Gasteiger charge is -2.39. The fraction of sp³-hybridized carbons (Fsp3) is 0.750. The van der Waals surface area contributed by atoms with Crippen LogP contribution < -0.4 is 0 Å². The van der Waals surface area contributed by atoms with Crippen LogP contribution in [0, 0.1) is 0 Å². The minimum Gasteiger partial charge on any atom is -0.429 e. The predicted molar refractivity (Wildman–Crippen MR) is 62.5 cm³/mol. The molecule has 0 unspecified atom stereocenters. The summed E-state index contributed by atoms with van der Waals surface area (Å²) in [6.45, 7) is 5.01. The molecular formula is C12H20O6. The van der Waals surface area contributed by atoms with E-state index in [4.69, 9.17) is 9.47 Å². The van der Waals surface area contributed by atoms with Crippen LogP contribution in [0.3, 0.4) is 0 Å². The first-order valence-electron chi connectivity index (χ1n) is 5.95. The van der Waals surface area contributed by atoms with E-state index in [2.05, 4.69) is 0 Å². The van der Waals surface area contributed by atoms with Crippen molar-refractivity contribution in [1.29, 1.82) is 0 Å². The van der Waals surface area contributed by atoms with Crippen LogP contribution in [0.1, 0.15) is 27.2 Å². The van der Waals surface area contributed by atoms with Gasteiger partial charge in [-0.25, -0.2) is 4.79 Å². The van der Waals surface area contributed by atoms with E-state index in [-0.39, 0.29) is 0 Å². The van der Waals surface area contributed by atoms with Crippen molar-refractivity contribution in [3.05, 3.63) is 11.6 Å². The summed E-state index contributed by atoms with van der Waals surface area (Å²) in [5.74, 6) is -0.625. The first kappa shape index (κ1) is 15.1.